The molecule has 6 nitrogen and oxygen atoms in total. The highest BCUT2D eigenvalue weighted by molar-refractivity contribution is 6.08. The summed E-state index contributed by atoms with van der Waals surface area (Å²) in [6.07, 6.45) is 1.37. The third-order valence-corrected chi connectivity index (χ3v) is 5.76. The number of hydrogen-bond acceptors (Lipinski definition) is 3. The van der Waals surface area contributed by atoms with Crippen molar-refractivity contribution in [1.29, 1.82) is 0 Å². The Hall–Kier alpha value is -3.15. The van der Waals surface area contributed by atoms with E-state index in [2.05, 4.69) is 24.5 Å². The Morgan fingerprint density at radius 3 is 2.23 bits per heavy atom. The second-order valence-corrected chi connectivity index (χ2v) is 8.86. The van der Waals surface area contributed by atoms with Crippen LogP contribution in [0.2, 0.25) is 0 Å². The van der Waals surface area contributed by atoms with Crippen LogP contribution in [0.3, 0.4) is 0 Å². The monoisotopic (exact) mass is 421 g/mol. The smallest absolute Gasteiger partial charge is 0.325 e. The van der Waals surface area contributed by atoms with Gasteiger partial charge in [0.05, 0.1) is 6.04 Å². The number of benzene rings is 2. The topological polar surface area (TPSA) is 78.5 Å². The number of urea groups is 1. The summed E-state index contributed by atoms with van der Waals surface area (Å²) in [4.78, 5) is 38.7. The number of carbonyl (C=O) groups excluding carboxylic acids is 3. The minimum atomic E-state index is -0.944. The zero-order valence-corrected chi connectivity index (χ0v) is 18.6. The van der Waals surface area contributed by atoms with Gasteiger partial charge in [-0.25, -0.2) is 4.79 Å². The molecule has 0 bridgehead atoms. The van der Waals surface area contributed by atoms with E-state index >= 15 is 0 Å². The van der Waals surface area contributed by atoms with E-state index in [1.807, 2.05) is 61.5 Å². The predicted molar refractivity (Wildman–Crippen MR) is 121 cm³/mol. The molecule has 1 fully saturated rings. The molecule has 0 spiro atoms. The Labute approximate surface area is 184 Å². The number of carbonyl (C=O) groups is 3. The first-order valence-electron chi connectivity index (χ1n) is 10.8. The van der Waals surface area contributed by atoms with Crippen LogP contribution in [0.4, 0.5) is 4.79 Å². The molecule has 0 aliphatic carbocycles. The lowest BCUT2D eigenvalue weighted by Crippen LogP contribution is -2.45. The molecule has 0 saturated carbocycles. The van der Waals surface area contributed by atoms with E-state index < -0.39 is 11.6 Å². The quantitative estimate of drug-likeness (QED) is 0.625. The molecule has 2 atom stereocenters. The molecular weight excluding hydrogens is 390 g/mol. The van der Waals surface area contributed by atoms with Gasteiger partial charge in [-0.15, -0.1) is 0 Å². The molecule has 1 aliphatic heterocycles. The first kappa shape index (κ1) is 22.5. The fourth-order valence-electron chi connectivity index (χ4n) is 3.75. The van der Waals surface area contributed by atoms with E-state index in [0.29, 0.717) is 12.3 Å². The summed E-state index contributed by atoms with van der Waals surface area (Å²) in [6, 6.07) is 17.3. The normalized spacial score (nSPS) is 19.5. The van der Waals surface area contributed by atoms with Crippen LogP contribution in [0.1, 0.15) is 52.1 Å². The van der Waals surface area contributed by atoms with Crippen molar-refractivity contribution in [2.75, 3.05) is 6.54 Å². The van der Waals surface area contributed by atoms with Gasteiger partial charge in [-0.2, -0.15) is 0 Å². The molecule has 0 radical (unpaired) electrons. The standard InChI is InChI=1S/C25H31N3O3/c1-17(2)14-15-25(4)23(30)28(24(31)27-25)16-22(29)26-18(3)19-10-12-21(13-11-19)20-8-6-5-7-9-20/h5-13,17-18H,14-16H2,1-4H3,(H,26,29)(H,27,31). The lowest BCUT2D eigenvalue weighted by molar-refractivity contribution is -0.135. The summed E-state index contributed by atoms with van der Waals surface area (Å²) in [5, 5.41) is 5.64. The van der Waals surface area contributed by atoms with E-state index in [1.165, 1.54) is 0 Å². The lowest BCUT2D eigenvalue weighted by Gasteiger charge is -2.22. The molecule has 6 heteroatoms. The van der Waals surface area contributed by atoms with Crippen LogP contribution >= 0.6 is 0 Å². The molecule has 31 heavy (non-hydrogen) atoms. The Morgan fingerprint density at radius 1 is 1.00 bits per heavy atom. The number of hydrogen-bond donors (Lipinski definition) is 2. The van der Waals surface area contributed by atoms with Crippen LogP contribution in [0, 0.1) is 5.92 Å². The van der Waals surface area contributed by atoms with Crippen molar-refractivity contribution >= 4 is 17.8 Å². The SMILES string of the molecule is CC(C)CCC1(C)NC(=O)N(CC(=O)NC(C)c2ccc(-c3ccccc3)cc2)C1=O. The highest BCUT2D eigenvalue weighted by Gasteiger charge is 2.47. The van der Waals surface area contributed by atoms with Crippen LogP contribution < -0.4 is 10.6 Å². The third-order valence-electron chi connectivity index (χ3n) is 5.76. The fraction of sp³-hybridized carbons (Fsp3) is 0.400. The van der Waals surface area contributed by atoms with Crippen molar-refractivity contribution in [1.82, 2.24) is 15.5 Å². The van der Waals surface area contributed by atoms with E-state index in [4.69, 9.17) is 0 Å². The zero-order chi connectivity index (χ0) is 22.6. The van der Waals surface area contributed by atoms with Crippen LogP contribution in [0.5, 0.6) is 0 Å². The van der Waals surface area contributed by atoms with E-state index in [-0.39, 0.29) is 24.4 Å². The zero-order valence-electron chi connectivity index (χ0n) is 18.6. The van der Waals surface area contributed by atoms with E-state index in [9.17, 15) is 14.4 Å². The molecule has 4 amide bonds. The van der Waals surface area contributed by atoms with Gasteiger partial charge in [0.15, 0.2) is 0 Å². The van der Waals surface area contributed by atoms with Gasteiger partial charge < -0.3 is 10.6 Å². The largest absolute Gasteiger partial charge is 0.348 e. The van der Waals surface area contributed by atoms with Gasteiger partial charge in [-0.3, -0.25) is 14.5 Å². The number of nitrogens with one attached hydrogen (secondary N) is 2. The van der Waals surface area contributed by atoms with E-state index in [1.54, 1.807) is 6.92 Å². The van der Waals surface area contributed by atoms with Gasteiger partial charge in [0.1, 0.15) is 12.1 Å². The van der Waals surface area contributed by atoms with Crippen molar-refractivity contribution in [3.63, 3.8) is 0 Å². The Morgan fingerprint density at radius 2 is 1.61 bits per heavy atom. The molecule has 1 saturated heterocycles. The number of amides is 4. The van der Waals surface area contributed by atoms with Crippen molar-refractivity contribution in [3.8, 4) is 11.1 Å². The van der Waals surface area contributed by atoms with Crippen molar-refractivity contribution in [2.24, 2.45) is 5.92 Å². The maximum absolute atomic E-state index is 12.8. The minimum Gasteiger partial charge on any atom is -0.348 e. The Kier molecular flexibility index (Phi) is 6.78. The number of nitrogens with zero attached hydrogens (tertiary/aromatic N) is 1. The first-order valence-corrected chi connectivity index (χ1v) is 10.8. The lowest BCUT2D eigenvalue weighted by atomic mass is 9.92. The molecule has 1 heterocycles. The van der Waals surface area contributed by atoms with Crippen LogP contribution in [0.25, 0.3) is 11.1 Å². The summed E-state index contributed by atoms with van der Waals surface area (Å²) in [6.45, 7) is 7.47. The summed E-state index contributed by atoms with van der Waals surface area (Å²) < 4.78 is 0. The molecule has 164 valence electrons. The van der Waals surface area contributed by atoms with Crippen LogP contribution in [-0.2, 0) is 9.59 Å². The summed E-state index contributed by atoms with van der Waals surface area (Å²) in [5.74, 6) is -0.280. The average molecular weight is 422 g/mol. The van der Waals surface area contributed by atoms with Crippen molar-refractivity contribution < 1.29 is 14.4 Å². The highest BCUT2D eigenvalue weighted by atomic mass is 16.2. The summed E-state index contributed by atoms with van der Waals surface area (Å²) in [7, 11) is 0. The first-order chi connectivity index (χ1) is 14.7. The van der Waals surface area contributed by atoms with Gasteiger partial charge >= 0.3 is 6.03 Å². The van der Waals surface area contributed by atoms with Crippen LogP contribution in [-0.4, -0.2) is 34.8 Å². The average Bonchev–Trinajstić information content (AvgIpc) is 2.96. The van der Waals surface area contributed by atoms with Gasteiger partial charge in [-0.05, 0) is 49.3 Å². The molecule has 2 aromatic rings. The molecule has 1 aliphatic rings. The van der Waals surface area contributed by atoms with E-state index in [0.717, 1.165) is 28.0 Å². The molecule has 2 N–H and O–H groups in total. The van der Waals surface area contributed by atoms with Gasteiger partial charge in [-0.1, -0.05) is 68.4 Å². The van der Waals surface area contributed by atoms with Crippen molar-refractivity contribution in [3.05, 3.63) is 60.2 Å². The molecule has 2 aromatic carbocycles. The molecule has 0 aromatic heterocycles. The molecular formula is C25H31N3O3. The summed E-state index contributed by atoms with van der Waals surface area (Å²) >= 11 is 0. The number of rotatable bonds is 8. The van der Waals surface area contributed by atoms with Crippen LogP contribution in [0.15, 0.2) is 54.6 Å². The van der Waals surface area contributed by atoms with Gasteiger partial charge in [0.2, 0.25) is 5.91 Å². The maximum Gasteiger partial charge on any atom is 0.325 e. The second kappa shape index (κ2) is 9.33. The highest BCUT2D eigenvalue weighted by Crippen LogP contribution is 2.25. The van der Waals surface area contributed by atoms with Crippen molar-refractivity contribution in [2.45, 2.75) is 52.1 Å². The predicted octanol–water partition coefficient (Wildman–Crippen LogP) is 4.28. The molecule has 3 rings (SSSR count). The van der Waals surface area contributed by atoms with Gasteiger partial charge in [0.25, 0.3) is 5.91 Å². The second-order valence-electron chi connectivity index (χ2n) is 8.86. The number of imide groups is 1. The molecule has 2 unspecified atom stereocenters. The fourth-order valence-corrected chi connectivity index (χ4v) is 3.75. The van der Waals surface area contributed by atoms with Gasteiger partial charge in [0, 0.05) is 0 Å². The Balaban J connectivity index is 1.59. The summed E-state index contributed by atoms with van der Waals surface area (Å²) in [5.41, 5.74) is 2.24. The maximum atomic E-state index is 12.8. The minimum absolute atomic E-state index is 0.245. The Bertz CT molecular complexity index is 940. The third kappa shape index (κ3) is 5.32.